The number of rotatable bonds is 7. The number of methoxy groups -OCH3 is 1. The Morgan fingerprint density at radius 2 is 1.92 bits per heavy atom. The first-order chi connectivity index (χ1) is 18.0. The molecular weight excluding hydrogens is 549 g/mol. The van der Waals surface area contributed by atoms with Gasteiger partial charge in [-0.05, 0) is 58.2 Å². The molecule has 0 bridgehead atoms. The van der Waals surface area contributed by atoms with Crippen molar-refractivity contribution in [2.45, 2.75) is 57.3 Å². The number of halogens is 3. The summed E-state index contributed by atoms with van der Waals surface area (Å²) in [6.45, 7) is 6.74. The molecule has 2 saturated heterocycles. The average molecular weight is 583 g/mol. The first-order valence-electron chi connectivity index (χ1n) is 13.1. The largest absolute Gasteiger partial charge is 0.484 e. The zero-order valence-corrected chi connectivity index (χ0v) is 24.2. The molecule has 10 heteroatoms. The molecule has 0 radical (unpaired) electrons. The zero-order chi connectivity index (χ0) is 27.2. The van der Waals surface area contributed by atoms with Crippen molar-refractivity contribution < 1.29 is 19.4 Å². The number of hydrogen-bond acceptors (Lipinski definition) is 7. The number of hydrogen-bond donors (Lipinski definition) is 1. The molecule has 2 atom stereocenters. The number of benzene rings is 1. The number of anilines is 1. The number of esters is 1. The second-order valence-corrected chi connectivity index (χ2v) is 12.6. The number of aromatic nitrogens is 1. The summed E-state index contributed by atoms with van der Waals surface area (Å²) < 4.78 is 11.1. The predicted octanol–water partition coefficient (Wildman–Crippen LogP) is 5.79. The number of aliphatic hydroxyl groups is 1. The third-order valence-electron chi connectivity index (χ3n) is 8.54. The Morgan fingerprint density at radius 1 is 1.18 bits per heavy atom. The molecule has 3 heterocycles. The minimum absolute atomic E-state index is 0.125. The molecule has 7 nitrogen and oxygen atoms in total. The minimum Gasteiger partial charge on any atom is -0.484 e. The van der Waals surface area contributed by atoms with Gasteiger partial charge in [-0.1, -0.05) is 40.9 Å². The normalized spacial score (nSPS) is 27.7. The summed E-state index contributed by atoms with van der Waals surface area (Å²) in [4.78, 5) is 21.1. The van der Waals surface area contributed by atoms with Gasteiger partial charge in [0.15, 0.2) is 0 Å². The van der Waals surface area contributed by atoms with Gasteiger partial charge in [0.2, 0.25) is 0 Å². The number of ether oxygens (including phenoxy) is 2. The van der Waals surface area contributed by atoms with Crippen LogP contribution in [0.2, 0.25) is 15.1 Å². The van der Waals surface area contributed by atoms with E-state index < -0.39 is 5.60 Å². The Morgan fingerprint density at radius 3 is 2.61 bits per heavy atom. The van der Waals surface area contributed by atoms with Crippen molar-refractivity contribution in [2.24, 2.45) is 11.3 Å². The summed E-state index contributed by atoms with van der Waals surface area (Å²) in [7, 11) is 1.45. The Balaban J connectivity index is 1.20. The summed E-state index contributed by atoms with van der Waals surface area (Å²) in [6, 6.07) is 7.49. The lowest BCUT2D eigenvalue weighted by Gasteiger charge is -2.56. The number of pyridine rings is 1. The van der Waals surface area contributed by atoms with Crippen LogP contribution in [0.1, 0.15) is 51.2 Å². The maximum absolute atomic E-state index is 12.1. The van der Waals surface area contributed by atoms with Crippen LogP contribution in [-0.2, 0) is 9.53 Å². The molecule has 1 N–H and O–H groups in total. The lowest BCUT2D eigenvalue weighted by Crippen LogP contribution is -2.69. The fraction of sp³-hybridized carbons (Fsp3) is 0.571. The quantitative estimate of drug-likeness (QED) is 0.415. The first kappa shape index (κ1) is 27.8. The van der Waals surface area contributed by atoms with Crippen molar-refractivity contribution in [3.05, 3.63) is 51.1 Å². The van der Waals surface area contributed by atoms with Crippen molar-refractivity contribution in [1.29, 1.82) is 0 Å². The van der Waals surface area contributed by atoms with Crippen LogP contribution in [0.3, 0.4) is 0 Å². The number of piperidine rings is 1. The van der Waals surface area contributed by atoms with Crippen LogP contribution in [-0.4, -0.2) is 65.9 Å². The number of likely N-dealkylation sites (tertiary alicyclic amines) is 1. The van der Waals surface area contributed by atoms with E-state index in [9.17, 15) is 9.90 Å². The third-order valence-corrected chi connectivity index (χ3v) is 9.39. The fourth-order valence-electron chi connectivity index (χ4n) is 6.22. The Hall–Kier alpha value is -1.77. The lowest BCUT2D eigenvalue weighted by molar-refractivity contribution is -0.163. The first-order valence-corrected chi connectivity index (χ1v) is 14.2. The molecule has 206 valence electrons. The van der Waals surface area contributed by atoms with Crippen molar-refractivity contribution in [2.75, 3.05) is 38.2 Å². The Kier molecular flexibility index (Phi) is 7.79. The molecule has 2 aliphatic heterocycles. The summed E-state index contributed by atoms with van der Waals surface area (Å²) >= 11 is 18.8. The van der Waals surface area contributed by atoms with E-state index in [0.717, 1.165) is 44.3 Å². The SMILES string of the molecule is COC(=O)C1(C)CC(N2CCCC(C3(O)CN(c4cc(O[C@H](C)c5ccc(Cl)cc5Cl)c(Cl)cn4)C3)C2)C1. The number of carbonyl (C=O) groups is 1. The van der Waals surface area contributed by atoms with Gasteiger partial charge in [-0.2, -0.15) is 0 Å². The van der Waals surface area contributed by atoms with Crippen molar-refractivity contribution in [3.8, 4) is 5.75 Å². The maximum Gasteiger partial charge on any atom is 0.311 e. The number of β-amino-alcohol motifs (C(OH)–C–C–N with tert-alkyl or cyclic N) is 1. The van der Waals surface area contributed by atoms with Gasteiger partial charge in [0.25, 0.3) is 0 Å². The smallest absolute Gasteiger partial charge is 0.311 e. The number of carbonyl (C=O) groups excluding carboxylic acids is 1. The molecule has 1 aromatic carbocycles. The van der Waals surface area contributed by atoms with Gasteiger partial charge < -0.3 is 19.5 Å². The van der Waals surface area contributed by atoms with Crippen molar-refractivity contribution >= 4 is 46.6 Å². The predicted molar refractivity (Wildman–Crippen MR) is 149 cm³/mol. The van der Waals surface area contributed by atoms with Crippen LogP contribution >= 0.6 is 34.8 Å². The molecule has 1 saturated carbocycles. The highest BCUT2D eigenvalue weighted by atomic mass is 35.5. The molecule has 1 unspecified atom stereocenters. The molecule has 38 heavy (non-hydrogen) atoms. The Bertz CT molecular complexity index is 1200. The molecular formula is C28H34Cl3N3O4. The number of nitrogens with zero attached hydrogens (tertiary/aromatic N) is 3. The van der Waals surface area contributed by atoms with Crippen LogP contribution in [0.15, 0.2) is 30.5 Å². The van der Waals surface area contributed by atoms with Crippen molar-refractivity contribution in [1.82, 2.24) is 9.88 Å². The van der Waals surface area contributed by atoms with E-state index in [4.69, 9.17) is 44.3 Å². The van der Waals surface area contributed by atoms with Gasteiger partial charge in [-0.25, -0.2) is 4.98 Å². The van der Waals surface area contributed by atoms with E-state index in [0.29, 0.717) is 45.8 Å². The molecule has 3 aliphatic rings. The van der Waals surface area contributed by atoms with Gasteiger partial charge in [-0.15, -0.1) is 0 Å². The second-order valence-electron chi connectivity index (χ2n) is 11.3. The van der Waals surface area contributed by atoms with E-state index in [1.807, 2.05) is 26.0 Å². The molecule has 3 fully saturated rings. The molecule has 2 aromatic rings. The fourth-order valence-corrected chi connectivity index (χ4v) is 6.93. The van der Waals surface area contributed by atoms with Gasteiger partial charge in [0, 0.05) is 40.2 Å². The van der Waals surface area contributed by atoms with Gasteiger partial charge >= 0.3 is 5.97 Å². The molecule has 0 spiro atoms. The van der Waals surface area contributed by atoms with Gasteiger partial charge in [-0.3, -0.25) is 9.69 Å². The molecule has 1 aliphatic carbocycles. The molecule has 5 rings (SSSR count). The average Bonchev–Trinajstić information content (AvgIpc) is 2.85. The highest BCUT2D eigenvalue weighted by molar-refractivity contribution is 6.35. The maximum atomic E-state index is 12.1. The van der Waals surface area contributed by atoms with Gasteiger partial charge in [0.05, 0.1) is 31.8 Å². The van der Waals surface area contributed by atoms with E-state index in [1.54, 1.807) is 18.3 Å². The Labute approximate surface area is 239 Å². The van der Waals surface area contributed by atoms with E-state index in [-0.39, 0.29) is 23.4 Å². The van der Waals surface area contributed by atoms with Crippen LogP contribution < -0.4 is 9.64 Å². The third kappa shape index (κ3) is 5.33. The van der Waals surface area contributed by atoms with Crippen LogP contribution in [0, 0.1) is 11.3 Å². The van der Waals surface area contributed by atoms with Crippen LogP contribution in [0.5, 0.6) is 5.75 Å². The van der Waals surface area contributed by atoms with E-state index in [2.05, 4.69) is 14.8 Å². The monoisotopic (exact) mass is 581 g/mol. The molecule has 0 amide bonds. The summed E-state index contributed by atoms with van der Waals surface area (Å²) in [5.74, 6) is 1.27. The standard InChI is InChI=1S/C28H34Cl3N3O4/c1-17(21-7-6-19(29)9-22(21)30)38-24-10-25(32-13-23(24)31)34-15-28(36,16-34)18-5-4-8-33(14-18)20-11-27(2,12-20)26(35)37-3/h6-7,9-10,13,17-18,20,36H,4-5,8,11-12,14-16H2,1-3H3/t17-,18?,20?,27?/m1/s1. The summed E-state index contributed by atoms with van der Waals surface area (Å²) in [5, 5.41) is 13.0. The topological polar surface area (TPSA) is 75.1 Å². The van der Waals surface area contributed by atoms with E-state index >= 15 is 0 Å². The minimum atomic E-state index is -0.777. The summed E-state index contributed by atoms with van der Waals surface area (Å²) in [5.41, 5.74) is -0.350. The van der Waals surface area contributed by atoms with E-state index in [1.165, 1.54) is 7.11 Å². The highest BCUT2D eigenvalue weighted by Gasteiger charge is 2.53. The van der Waals surface area contributed by atoms with Crippen LogP contribution in [0.25, 0.3) is 0 Å². The zero-order valence-electron chi connectivity index (χ0n) is 21.9. The second kappa shape index (κ2) is 10.7. The highest BCUT2D eigenvalue weighted by Crippen LogP contribution is 2.47. The lowest BCUT2D eigenvalue weighted by atomic mass is 9.65. The van der Waals surface area contributed by atoms with Crippen LogP contribution in [0.4, 0.5) is 5.82 Å². The van der Waals surface area contributed by atoms with Crippen molar-refractivity contribution in [3.63, 3.8) is 0 Å². The molecule has 1 aromatic heterocycles. The summed E-state index contributed by atoms with van der Waals surface area (Å²) in [6.07, 6.45) is 4.89. The van der Waals surface area contributed by atoms with Gasteiger partial charge in [0.1, 0.15) is 28.3 Å².